The molecule has 0 aliphatic carbocycles. The molecule has 0 amide bonds. The van der Waals surface area contributed by atoms with E-state index in [1.54, 1.807) is 0 Å². The number of halogens is 1. The monoisotopic (exact) mass is 196 g/mol. The first-order valence-corrected chi connectivity index (χ1v) is 4.74. The summed E-state index contributed by atoms with van der Waals surface area (Å²) in [6.45, 7) is 4.03. The summed E-state index contributed by atoms with van der Waals surface area (Å²) < 4.78 is 0. The fourth-order valence-corrected chi connectivity index (χ4v) is 1.60. The van der Waals surface area contributed by atoms with Gasteiger partial charge in [-0.1, -0.05) is 43.6 Å². The molecule has 0 spiro atoms. The number of rotatable bonds is 3. The van der Waals surface area contributed by atoms with E-state index in [9.17, 15) is 4.79 Å². The van der Waals surface area contributed by atoms with Gasteiger partial charge in [-0.25, -0.2) is 0 Å². The highest BCUT2D eigenvalue weighted by Crippen LogP contribution is 2.28. The molecule has 0 heterocycles. The highest BCUT2D eigenvalue weighted by Gasteiger charge is 2.16. The van der Waals surface area contributed by atoms with Gasteiger partial charge in [0.05, 0.1) is 0 Å². The Morgan fingerprint density at radius 1 is 1.31 bits per heavy atom. The molecule has 0 N–H and O–H groups in total. The van der Waals surface area contributed by atoms with E-state index < -0.39 is 0 Å². The summed E-state index contributed by atoms with van der Waals surface area (Å²) in [5, 5.41) is 0.674. The van der Waals surface area contributed by atoms with Gasteiger partial charge in [0.15, 0.2) is 0 Å². The van der Waals surface area contributed by atoms with Gasteiger partial charge in [-0.3, -0.25) is 0 Å². The predicted octanol–water partition coefficient (Wildman–Crippen LogP) is 3.28. The van der Waals surface area contributed by atoms with Crippen LogP contribution >= 0.6 is 11.6 Å². The largest absolute Gasteiger partial charge is 0.303 e. The van der Waals surface area contributed by atoms with Crippen LogP contribution in [0.5, 0.6) is 0 Å². The number of benzene rings is 1. The van der Waals surface area contributed by atoms with Crippen LogP contribution < -0.4 is 0 Å². The smallest absolute Gasteiger partial charge is 0.127 e. The van der Waals surface area contributed by atoms with Gasteiger partial charge in [-0.2, -0.15) is 0 Å². The summed E-state index contributed by atoms with van der Waals surface area (Å²) in [7, 11) is 0. The Morgan fingerprint density at radius 3 is 2.38 bits per heavy atom. The van der Waals surface area contributed by atoms with E-state index in [1.165, 1.54) is 0 Å². The lowest BCUT2D eigenvalue weighted by atomic mass is 9.90. The van der Waals surface area contributed by atoms with E-state index in [0.29, 0.717) is 5.02 Å². The lowest BCUT2D eigenvalue weighted by Gasteiger charge is -2.15. The van der Waals surface area contributed by atoms with Crippen LogP contribution in [0.3, 0.4) is 0 Å². The number of hydrogen-bond acceptors (Lipinski definition) is 1. The van der Waals surface area contributed by atoms with Crippen LogP contribution in [0.1, 0.15) is 25.3 Å². The number of hydrogen-bond donors (Lipinski definition) is 0. The highest BCUT2D eigenvalue weighted by atomic mass is 35.5. The number of carbonyl (C=O) groups is 1. The summed E-state index contributed by atoms with van der Waals surface area (Å²) in [4.78, 5) is 10.8. The summed E-state index contributed by atoms with van der Waals surface area (Å²) in [6.07, 6.45) is 0.964. The van der Waals surface area contributed by atoms with E-state index >= 15 is 0 Å². The third-order valence-corrected chi connectivity index (χ3v) is 2.47. The number of aldehydes is 1. The molecule has 1 nitrogen and oxygen atoms in total. The van der Waals surface area contributed by atoms with Crippen molar-refractivity contribution in [3.05, 3.63) is 34.9 Å². The molecule has 0 bridgehead atoms. The first-order valence-electron chi connectivity index (χ1n) is 4.36. The van der Waals surface area contributed by atoms with Crippen LogP contribution in [0.2, 0.25) is 5.02 Å². The molecule has 1 rings (SSSR count). The topological polar surface area (TPSA) is 17.1 Å². The van der Waals surface area contributed by atoms with Gasteiger partial charge in [-0.05, 0) is 17.5 Å². The standard InChI is InChI=1S/C11H13ClO/c1-8(2)10(7-13)9-5-3-4-6-11(9)12/h3-8,10H,1-2H3. The van der Waals surface area contributed by atoms with Crippen molar-refractivity contribution in [2.24, 2.45) is 5.92 Å². The van der Waals surface area contributed by atoms with E-state index in [2.05, 4.69) is 0 Å². The van der Waals surface area contributed by atoms with Gasteiger partial charge in [-0.15, -0.1) is 0 Å². The molecule has 70 valence electrons. The third-order valence-electron chi connectivity index (χ3n) is 2.13. The lowest BCUT2D eigenvalue weighted by Crippen LogP contribution is -2.08. The molecule has 0 aliphatic rings. The van der Waals surface area contributed by atoms with E-state index in [0.717, 1.165) is 11.8 Å². The van der Waals surface area contributed by atoms with Crippen molar-refractivity contribution in [3.8, 4) is 0 Å². The van der Waals surface area contributed by atoms with Gasteiger partial charge < -0.3 is 4.79 Å². The molecule has 1 aromatic carbocycles. The van der Waals surface area contributed by atoms with Gasteiger partial charge in [0.25, 0.3) is 0 Å². The molecule has 0 saturated heterocycles. The van der Waals surface area contributed by atoms with Gasteiger partial charge in [0.2, 0.25) is 0 Å². The third kappa shape index (κ3) is 2.31. The molecule has 13 heavy (non-hydrogen) atoms. The second-order valence-electron chi connectivity index (χ2n) is 3.43. The Balaban J connectivity index is 3.04. The van der Waals surface area contributed by atoms with Crippen molar-refractivity contribution in [1.29, 1.82) is 0 Å². The van der Waals surface area contributed by atoms with Crippen LogP contribution in [0.15, 0.2) is 24.3 Å². The Morgan fingerprint density at radius 2 is 1.92 bits per heavy atom. The molecule has 0 radical (unpaired) electrons. The summed E-state index contributed by atoms with van der Waals surface area (Å²) >= 11 is 5.98. The summed E-state index contributed by atoms with van der Waals surface area (Å²) in [5.74, 6) is 0.200. The van der Waals surface area contributed by atoms with Crippen molar-refractivity contribution in [1.82, 2.24) is 0 Å². The van der Waals surface area contributed by atoms with Gasteiger partial charge >= 0.3 is 0 Å². The Hall–Kier alpha value is -0.820. The predicted molar refractivity (Wildman–Crippen MR) is 55.1 cm³/mol. The lowest BCUT2D eigenvalue weighted by molar-refractivity contribution is -0.109. The maximum atomic E-state index is 10.8. The molecule has 0 fully saturated rings. The second-order valence-corrected chi connectivity index (χ2v) is 3.83. The molecule has 0 aliphatic heterocycles. The van der Waals surface area contributed by atoms with Crippen LogP contribution in [0, 0.1) is 5.92 Å². The maximum Gasteiger partial charge on any atom is 0.127 e. The van der Waals surface area contributed by atoms with Gasteiger partial charge in [0, 0.05) is 10.9 Å². The fraction of sp³-hybridized carbons (Fsp3) is 0.364. The molecule has 1 unspecified atom stereocenters. The number of carbonyl (C=O) groups excluding carboxylic acids is 1. The summed E-state index contributed by atoms with van der Waals surface area (Å²) in [5.41, 5.74) is 0.925. The first-order chi connectivity index (χ1) is 6.16. The minimum atomic E-state index is -0.0892. The molecule has 1 aromatic rings. The Bertz CT molecular complexity index is 294. The summed E-state index contributed by atoms with van der Waals surface area (Å²) in [6, 6.07) is 7.49. The van der Waals surface area contributed by atoms with Crippen LogP contribution in [0.4, 0.5) is 0 Å². The van der Waals surface area contributed by atoms with Crippen molar-refractivity contribution in [2.75, 3.05) is 0 Å². The van der Waals surface area contributed by atoms with Crippen LogP contribution in [-0.4, -0.2) is 6.29 Å². The fourth-order valence-electron chi connectivity index (χ4n) is 1.33. The maximum absolute atomic E-state index is 10.8. The second kappa shape index (κ2) is 4.43. The minimum absolute atomic E-state index is 0.0892. The minimum Gasteiger partial charge on any atom is -0.303 e. The molecular formula is C11H13ClO. The molecule has 0 saturated carbocycles. The average molecular weight is 197 g/mol. The van der Waals surface area contributed by atoms with Crippen molar-refractivity contribution < 1.29 is 4.79 Å². The SMILES string of the molecule is CC(C)C(C=O)c1ccccc1Cl. The Kier molecular flexibility index (Phi) is 3.49. The van der Waals surface area contributed by atoms with Crippen molar-refractivity contribution >= 4 is 17.9 Å². The van der Waals surface area contributed by atoms with E-state index in [-0.39, 0.29) is 11.8 Å². The van der Waals surface area contributed by atoms with Crippen LogP contribution in [-0.2, 0) is 4.79 Å². The normalized spacial score (nSPS) is 12.9. The Labute approximate surface area is 83.7 Å². The van der Waals surface area contributed by atoms with Crippen molar-refractivity contribution in [3.63, 3.8) is 0 Å². The zero-order valence-corrected chi connectivity index (χ0v) is 8.58. The molecular weight excluding hydrogens is 184 g/mol. The van der Waals surface area contributed by atoms with Crippen molar-refractivity contribution in [2.45, 2.75) is 19.8 Å². The average Bonchev–Trinajstić information content (AvgIpc) is 2.09. The van der Waals surface area contributed by atoms with E-state index in [1.807, 2.05) is 38.1 Å². The molecule has 2 heteroatoms. The molecule has 1 atom stereocenters. The highest BCUT2D eigenvalue weighted by molar-refractivity contribution is 6.31. The zero-order valence-electron chi connectivity index (χ0n) is 7.83. The van der Waals surface area contributed by atoms with E-state index in [4.69, 9.17) is 11.6 Å². The first kappa shape index (κ1) is 10.3. The van der Waals surface area contributed by atoms with Gasteiger partial charge in [0.1, 0.15) is 6.29 Å². The zero-order chi connectivity index (χ0) is 9.84. The molecule has 0 aromatic heterocycles. The van der Waals surface area contributed by atoms with Crippen LogP contribution in [0.25, 0.3) is 0 Å². The quantitative estimate of drug-likeness (QED) is 0.679.